The number of benzene rings is 1. The predicted octanol–water partition coefficient (Wildman–Crippen LogP) is 2.54. The molecule has 3 rings (SSSR count). The molecule has 2 heterocycles. The fraction of sp³-hybridized carbons (Fsp3) is 0.455. The van der Waals surface area contributed by atoms with Crippen LogP contribution in [0, 0.1) is 5.92 Å². The van der Waals surface area contributed by atoms with Gasteiger partial charge in [-0.1, -0.05) is 12.1 Å². The molecule has 0 radical (unpaired) electrons. The summed E-state index contributed by atoms with van der Waals surface area (Å²) >= 11 is 0. The molecule has 7 heteroatoms. The minimum absolute atomic E-state index is 0.0106. The van der Waals surface area contributed by atoms with E-state index in [2.05, 4.69) is 15.3 Å². The van der Waals surface area contributed by atoms with Gasteiger partial charge in [0.2, 0.25) is 5.91 Å². The second-order valence-electron chi connectivity index (χ2n) is 7.11. The lowest BCUT2D eigenvalue weighted by molar-refractivity contribution is -0.126. The van der Waals surface area contributed by atoms with Gasteiger partial charge in [0.05, 0.1) is 0 Å². The van der Waals surface area contributed by atoms with E-state index in [0.29, 0.717) is 51.3 Å². The van der Waals surface area contributed by atoms with Gasteiger partial charge in [0.1, 0.15) is 6.33 Å². The first-order chi connectivity index (χ1) is 14.2. The van der Waals surface area contributed by atoms with Crippen molar-refractivity contribution in [2.75, 3.05) is 32.8 Å². The van der Waals surface area contributed by atoms with Gasteiger partial charge in [-0.3, -0.25) is 9.59 Å². The molecule has 0 unspecified atom stereocenters. The molecule has 29 heavy (non-hydrogen) atoms. The molecule has 0 saturated carbocycles. The van der Waals surface area contributed by atoms with Crippen LogP contribution in [0.25, 0.3) is 11.1 Å². The Morgan fingerprint density at radius 3 is 2.45 bits per heavy atom. The molecule has 0 bridgehead atoms. The number of piperidine rings is 1. The summed E-state index contributed by atoms with van der Waals surface area (Å²) in [5.74, 6) is 0.0751. The zero-order valence-electron chi connectivity index (χ0n) is 16.8. The molecule has 1 aliphatic heterocycles. The second-order valence-corrected chi connectivity index (χ2v) is 7.11. The van der Waals surface area contributed by atoms with Crippen molar-refractivity contribution in [3.63, 3.8) is 0 Å². The van der Waals surface area contributed by atoms with Crippen LogP contribution in [0.15, 0.2) is 43.0 Å². The molecule has 1 aliphatic rings. The number of likely N-dealkylation sites (tertiary alicyclic amines) is 1. The molecule has 2 aromatic rings. The van der Waals surface area contributed by atoms with E-state index in [1.54, 1.807) is 12.4 Å². The van der Waals surface area contributed by atoms with Crippen LogP contribution in [0.5, 0.6) is 0 Å². The summed E-state index contributed by atoms with van der Waals surface area (Å²) < 4.78 is 5.27. The van der Waals surface area contributed by atoms with Crippen LogP contribution in [0.4, 0.5) is 0 Å². The molecule has 7 nitrogen and oxygen atoms in total. The molecule has 1 N–H and O–H groups in total. The van der Waals surface area contributed by atoms with Gasteiger partial charge in [0.15, 0.2) is 0 Å². The molecular weight excluding hydrogens is 368 g/mol. The van der Waals surface area contributed by atoms with Crippen molar-refractivity contribution in [2.45, 2.75) is 26.2 Å². The Hall–Kier alpha value is -2.80. The summed E-state index contributed by atoms with van der Waals surface area (Å²) in [6, 6.07) is 7.49. The van der Waals surface area contributed by atoms with Crippen molar-refractivity contribution < 1.29 is 14.3 Å². The third-order valence-electron chi connectivity index (χ3n) is 5.15. The molecular formula is C22H28N4O3. The number of nitrogens with zero attached hydrogens (tertiary/aromatic N) is 3. The monoisotopic (exact) mass is 396 g/mol. The molecule has 1 aromatic carbocycles. The Labute approximate surface area is 171 Å². The standard InChI is InChI=1S/C22H28N4O3/c1-2-29-13-3-10-25-21(27)18-8-11-26(12-9-18)22(28)19-6-4-17(5-7-19)20-14-23-16-24-15-20/h4-7,14-16,18H,2-3,8-13H2,1H3,(H,25,27). The van der Waals surface area contributed by atoms with Gasteiger partial charge >= 0.3 is 0 Å². The molecule has 0 spiro atoms. The Kier molecular flexibility index (Phi) is 7.69. The van der Waals surface area contributed by atoms with Gasteiger partial charge in [0, 0.05) is 62.3 Å². The minimum atomic E-state index is -0.0217. The van der Waals surface area contributed by atoms with E-state index in [9.17, 15) is 9.59 Å². The van der Waals surface area contributed by atoms with Crippen LogP contribution >= 0.6 is 0 Å². The normalized spacial score (nSPS) is 14.6. The van der Waals surface area contributed by atoms with Crippen LogP contribution in [-0.2, 0) is 9.53 Å². The maximum atomic E-state index is 12.8. The summed E-state index contributed by atoms with van der Waals surface area (Å²) in [6.07, 6.45) is 7.20. The van der Waals surface area contributed by atoms with E-state index in [4.69, 9.17) is 4.74 Å². The van der Waals surface area contributed by atoms with Crippen molar-refractivity contribution in [1.29, 1.82) is 0 Å². The lowest BCUT2D eigenvalue weighted by Gasteiger charge is -2.31. The molecule has 154 valence electrons. The highest BCUT2D eigenvalue weighted by atomic mass is 16.5. The fourth-order valence-electron chi connectivity index (χ4n) is 3.46. The van der Waals surface area contributed by atoms with Crippen LogP contribution in [0.3, 0.4) is 0 Å². The van der Waals surface area contributed by atoms with Gasteiger partial charge < -0.3 is 15.0 Å². The molecule has 1 aromatic heterocycles. The van der Waals surface area contributed by atoms with E-state index in [1.807, 2.05) is 36.1 Å². The first-order valence-electron chi connectivity index (χ1n) is 10.2. The van der Waals surface area contributed by atoms with E-state index in [0.717, 1.165) is 17.5 Å². The number of carbonyl (C=O) groups is 2. The highest BCUT2D eigenvalue weighted by Crippen LogP contribution is 2.21. The van der Waals surface area contributed by atoms with Crippen LogP contribution in [0.1, 0.15) is 36.5 Å². The fourth-order valence-corrected chi connectivity index (χ4v) is 3.46. The topological polar surface area (TPSA) is 84.4 Å². The highest BCUT2D eigenvalue weighted by molar-refractivity contribution is 5.95. The largest absolute Gasteiger partial charge is 0.382 e. The summed E-state index contributed by atoms with van der Waals surface area (Å²) in [5, 5.41) is 2.98. The third-order valence-corrected chi connectivity index (χ3v) is 5.15. The quantitative estimate of drug-likeness (QED) is 0.693. The van der Waals surface area contributed by atoms with Crippen LogP contribution < -0.4 is 5.32 Å². The molecule has 1 saturated heterocycles. The Bertz CT molecular complexity index is 787. The lowest BCUT2D eigenvalue weighted by atomic mass is 9.95. The maximum absolute atomic E-state index is 12.8. The van der Waals surface area contributed by atoms with Gasteiger partial charge in [0.25, 0.3) is 5.91 Å². The summed E-state index contributed by atoms with van der Waals surface area (Å²) in [6.45, 7) is 5.16. The smallest absolute Gasteiger partial charge is 0.253 e. The Balaban J connectivity index is 1.47. The van der Waals surface area contributed by atoms with Gasteiger partial charge in [-0.25, -0.2) is 9.97 Å². The number of hydrogen-bond acceptors (Lipinski definition) is 5. The van der Waals surface area contributed by atoms with E-state index < -0.39 is 0 Å². The second kappa shape index (κ2) is 10.7. The van der Waals surface area contributed by atoms with Gasteiger partial charge in [-0.2, -0.15) is 0 Å². The summed E-state index contributed by atoms with van der Waals surface area (Å²) in [4.78, 5) is 34.9. The molecule has 0 atom stereocenters. The van der Waals surface area contributed by atoms with Crippen LogP contribution in [-0.4, -0.2) is 59.5 Å². The zero-order chi connectivity index (χ0) is 20.5. The molecule has 2 amide bonds. The average Bonchev–Trinajstić information content (AvgIpc) is 2.79. The zero-order valence-corrected chi connectivity index (χ0v) is 16.8. The third kappa shape index (κ3) is 5.84. The number of nitrogens with one attached hydrogen (secondary N) is 1. The van der Waals surface area contributed by atoms with Crippen molar-refractivity contribution in [3.8, 4) is 11.1 Å². The first-order valence-corrected chi connectivity index (χ1v) is 10.2. The van der Waals surface area contributed by atoms with E-state index in [-0.39, 0.29) is 17.7 Å². The summed E-state index contributed by atoms with van der Waals surface area (Å²) in [7, 11) is 0. The summed E-state index contributed by atoms with van der Waals surface area (Å²) in [5.41, 5.74) is 2.55. The SMILES string of the molecule is CCOCCCNC(=O)C1CCN(C(=O)c2ccc(-c3cncnc3)cc2)CC1. The van der Waals surface area contributed by atoms with E-state index in [1.165, 1.54) is 6.33 Å². The number of aromatic nitrogens is 2. The minimum Gasteiger partial charge on any atom is -0.382 e. The number of amides is 2. The number of carbonyl (C=O) groups excluding carboxylic acids is 2. The van der Waals surface area contributed by atoms with Crippen molar-refractivity contribution in [3.05, 3.63) is 48.5 Å². The Morgan fingerprint density at radius 2 is 1.79 bits per heavy atom. The Morgan fingerprint density at radius 1 is 1.10 bits per heavy atom. The average molecular weight is 396 g/mol. The molecule has 1 fully saturated rings. The van der Waals surface area contributed by atoms with Gasteiger partial charge in [-0.15, -0.1) is 0 Å². The predicted molar refractivity (Wildman–Crippen MR) is 110 cm³/mol. The number of rotatable bonds is 8. The molecule has 0 aliphatic carbocycles. The van der Waals surface area contributed by atoms with Gasteiger partial charge in [-0.05, 0) is 43.9 Å². The van der Waals surface area contributed by atoms with Crippen molar-refractivity contribution in [2.24, 2.45) is 5.92 Å². The maximum Gasteiger partial charge on any atom is 0.253 e. The van der Waals surface area contributed by atoms with E-state index >= 15 is 0 Å². The van der Waals surface area contributed by atoms with Crippen LogP contribution in [0.2, 0.25) is 0 Å². The van der Waals surface area contributed by atoms with Crippen molar-refractivity contribution >= 4 is 11.8 Å². The number of ether oxygens (including phenoxy) is 1. The first kappa shape index (κ1) is 20.9. The highest BCUT2D eigenvalue weighted by Gasteiger charge is 2.27. The number of hydrogen-bond donors (Lipinski definition) is 1. The lowest BCUT2D eigenvalue weighted by Crippen LogP contribution is -2.43. The van der Waals surface area contributed by atoms with Crippen molar-refractivity contribution in [1.82, 2.24) is 20.2 Å².